The maximum Gasteiger partial charge on any atom is 0.190 e. The van der Waals surface area contributed by atoms with Gasteiger partial charge in [0.05, 0.1) is 12.4 Å². The van der Waals surface area contributed by atoms with Gasteiger partial charge in [0.2, 0.25) is 0 Å². The molecule has 3 rings (SSSR count). The van der Waals surface area contributed by atoms with Gasteiger partial charge in [-0.15, -0.1) is 0 Å². The molecule has 0 bridgehead atoms. The molecule has 108 valence electrons. The van der Waals surface area contributed by atoms with Crippen LogP contribution in [0.1, 0.15) is 44.2 Å². The molecule has 0 amide bonds. The van der Waals surface area contributed by atoms with E-state index < -0.39 is 0 Å². The van der Waals surface area contributed by atoms with Crippen LogP contribution in [-0.4, -0.2) is 34.1 Å². The molecule has 2 heterocycles. The van der Waals surface area contributed by atoms with Crippen LogP contribution in [0.4, 0.5) is 5.82 Å². The summed E-state index contributed by atoms with van der Waals surface area (Å²) < 4.78 is 0. The van der Waals surface area contributed by atoms with E-state index in [1.165, 1.54) is 38.5 Å². The zero-order valence-corrected chi connectivity index (χ0v) is 11.6. The summed E-state index contributed by atoms with van der Waals surface area (Å²) >= 11 is 0. The molecule has 1 saturated carbocycles. The van der Waals surface area contributed by atoms with E-state index >= 15 is 0 Å². The maximum absolute atomic E-state index is 8.61. The highest BCUT2D eigenvalue weighted by Crippen LogP contribution is 2.46. The van der Waals surface area contributed by atoms with E-state index in [2.05, 4.69) is 20.0 Å². The van der Waals surface area contributed by atoms with E-state index in [4.69, 9.17) is 10.9 Å². The molecule has 1 aromatic rings. The molecule has 0 aromatic carbocycles. The van der Waals surface area contributed by atoms with Gasteiger partial charge >= 0.3 is 0 Å². The molecular weight excluding hydrogens is 254 g/mol. The smallest absolute Gasteiger partial charge is 0.190 e. The van der Waals surface area contributed by atoms with Gasteiger partial charge in [-0.3, -0.25) is 0 Å². The van der Waals surface area contributed by atoms with E-state index in [-0.39, 0.29) is 5.84 Å². The van der Waals surface area contributed by atoms with E-state index in [1.807, 2.05) is 0 Å². The molecule has 6 heteroatoms. The van der Waals surface area contributed by atoms with Crippen molar-refractivity contribution in [3.05, 3.63) is 18.1 Å². The van der Waals surface area contributed by atoms with Crippen molar-refractivity contribution in [1.82, 2.24) is 9.97 Å². The van der Waals surface area contributed by atoms with Crippen molar-refractivity contribution in [3.63, 3.8) is 0 Å². The van der Waals surface area contributed by atoms with Crippen LogP contribution in [0, 0.1) is 5.41 Å². The lowest BCUT2D eigenvalue weighted by Crippen LogP contribution is -2.39. The molecular formula is C14H21N5O. The van der Waals surface area contributed by atoms with Crippen LogP contribution >= 0.6 is 0 Å². The molecule has 20 heavy (non-hydrogen) atoms. The first-order valence-corrected chi connectivity index (χ1v) is 7.27. The van der Waals surface area contributed by atoms with Gasteiger partial charge in [-0.1, -0.05) is 18.0 Å². The Bertz CT molecular complexity index is 483. The Balaban J connectivity index is 1.66. The summed E-state index contributed by atoms with van der Waals surface area (Å²) in [6.45, 7) is 2.11. The topological polar surface area (TPSA) is 87.6 Å². The lowest BCUT2D eigenvalue weighted by molar-refractivity contribution is 0.226. The fraction of sp³-hybridized carbons (Fsp3) is 0.643. The number of rotatable bonds is 2. The average molecular weight is 275 g/mol. The summed E-state index contributed by atoms with van der Waals surface area (Å²) in [5.74, 6) is 0.875. The van der Waals surface area contributed by atoms with Gasteiger partial charge in [-0.2, -0.15) is 0 Å². The second-order valence-corrected chi connectivity index (χ2v) is 5.94. The molecule has 1 saturated heterocycles. The van der Waals surface area contributed by atoms with Crippen molar-refractivity contribution < 1.29 is 5.21 Å². The zero-order valence-electron chi connectivity index (χ0n) is 11.6. The van der Waals surface area contributed by atoms with Crippen molar-refractivity contribution in [2.45, 2.75) is 38.5 Å². The van der Waals surface area contributed by atoms with Crippen molar-refractivity contribution in [2.24, 2.45) is 16.3 Å². The Morgan fingerprint density at radius 3 is 2.40 bits per heavy atom. The van der Waals surface area contributed by atoms with Gasteiger partial charge in [0.25, 0.3) is 0 Å². The van der Waals surface area contributed by atoms with Gasteiger partial charge in [0, 0.05) is 13.1 Å². The molecule has 1 aliphatic carbocycles. The Hall–Kier alpha value is -1.85. The molecule has 1 aliphatic heterocycles. The van der Waals surface area contributed by atoms with E-state index in [1.54, 1.807) is 12.4 Å². The minimum Gasteiger partial charge on any atom is -0.409 e. The Morgan fingerprint density at radius 2 is 1.85 bits per heavy atom. The van der Waals surface area contributed by atoms with Crippen LogP contribution in [0.2, 0.25) is 0 Å². The highest BCUT2D eigenvalue weighted by atomic mass is 16.4. The quantitative estimate of drug-likeness (QED) is 0.371. The summed E-state index contributed by atoms with van der Waals surface area (Å²) in [5, 5.41) is 11.5. The fourth-order valence-electron chi connectivity index (χ4n) is 3.50. The summed E-state index contributed by atoms with van der Waals surface area (Å²) in [4.78, 5) is 10.9. The molecule has 0 radical (unpaired) electrons. The van der Waals surface area contributed by atoms with E-state index in [0.29, 0.717) is 11.1 Å². The molecule has 0 atom stereocenters. The number of amidine groups is 1. The Labute approximate surface area is 118 Å². The largest absolute Gasteiger partial charge is 0.409 e. The fourth-order valence-corrected chi connectivity index (χ4v) is 3.50. The van der Waals surface area contributed by atoms with Crippen molar-refractivity contribution >= 4 is 11.7 Å². The van der Waals surface area contributed by atoms with Gasteiger partial charge in [0.15, 0.2) is 5.84 Å². The number of nitrogens with two attached hydrogens (primary N) is 1. The molecule has 2 fully saturated rings. The van der Waals surface area contributed by atoms with Crippen LogP contribution in [0.3, 0.4) is 0 Å². The zero-order chi connectivity index (χ0) is 14.0. The minimum atomic E-state index is -0.00685. The first kappa shape index (κ1) is 13.1. The lowest BCUT2D eigenvalue weighted by atomic mass is 9.77. The van der Waals surface area contributed by atoms with Crippen molar-refractivity contribution in [2.75, 3.05) is 18.0 Å². The third-order valence-corrected chi connectivity index (χ3v) is 4.82. The lowest BCUT2D eigenvalue weighted by Gasteiger charge is -2.39. The van der Waals surface area contributed by atoms with Crippen LogP contribution in [0.25, 0.3) is 0 Å². The van der Waals surface area contributed by atoms with Crippen molar-refractivity contribution in [1.29, 1.82) is 0 Å². The predicted octanol–water partition coefficient (Wildman–Crippen LogP) is 1.73. The summed E-state index contributed by atoms with van der Waals surface area (Å²) in [5.41, 5.74) is 6.50. The minimum absolute atomic E-state index is 0.00685. The highest BCUT2D eigenvalue weighted by molar-refractivity contribution is 5.94. The van der Waals surface area contributed by atoms with Crippen LogP contribution < -0.4 is 10.6 Å². The van der Waals surface area contributed by atoms with Gasteiger partial charge < -0.3 is 15.8 Å². The molecule has 1 spiro atoms. The molecule has 1 aromatic heterocycles. The maximum atomic E-state index is 8.61. The molecule has 6 nitrogen and oxygen atoms in total. The normalized spacial score (nSPS) is 22.4. The van der Waals surface area contributed by atoms with Gasteiger partial charge in [-0.05, 0) is 31.1 Å². The van der Waals surface area contributed by atoms with Crippen molar-refractivity contribution in [3.8, 4) is 0 Å². The molecule has 0 unspecified atom stereocenters. The van der Waals surface area contributed by atoms with E-state index in [9.17, 15) is 0 Å². The number of anilines is 1. The predicted molar refractivity (Wildman–Crippen MR) is 76.9 cm³/mol. The Morgan fingerprint density at radius 1 is 1.15 bits per heavy atom. The first-order chi connectivity index (χ1) is 9.72. The second-order valence-electron chi connectivity index (χ2n) is 5.94. The van der Waals surface area contributed by atoms with Crippen LogP contribution in [0.5, 0.6) is 0 Å². The number of hydrogen-bond acceptors (Lipinski definition) is 5. The number of piperidine rings is 1. The molecule has 2 aliphatic rings. The standard InChI is InChI=1S/C14H21N5O/c15-13(18-20)11-9-17-12(10-16-11)19-7-5-14(6-8-19)3-1-2-4-14/h9-10,20H,1-8H2,(H2,15,18). The molecule has 3 N–H and O–H groups in total. The van der Waals surface area contributed by atoms with Gasteiger partial charge in [0.1, 0.15) is 11.5 Å². The summed E-state index contributed by atoms with van der Waals surface area (Å²) in [6, 6.07) is 0. The van der Waals surface area contributed by atoms with Crippen LogP contribution in [0.15, 0.2) is 17.5 Å². The number of hydrogen-bond donors (Lipinski definition) is 2. The highest BCUT2D eigenvalue weighted by Gasteiger charge is 2.37. The monoisotopic (exact) mass is 275 g/mol. The number of oxime groups is 1. The summed E-state index contributed by atoms with van der Waals surface area (Å²) in [7, 11) is 0. The number of nitrogens with zero attached hydrogens (tertiary/aromatic N) is 4. The van der Waals surface area contributed by atoms with E-state index in [0.717, 1.165) is 18.9 Å². The third kappa shape index (κ3) is 2.42. The SMILES string of the molecule is NC(=NO)c1cnc(N2CCC3(CCCC3)CC2)cn1. The van der Waals surface area contributed by atoms with Gasteiger partial charge in [-0.25, -0.2) is 9.97 Å². The number of aromatic nitrogens is 2. The third-order valence-electron chi connectivity index (χ3n) is 4.82. The Kier molecular flexibility index (Phi) is 3.46. The summed E-state index contributed by atoms with van der Waals surface area (Å²) in [6.07, 6.45) is 11.4. The van der Waals surface area contributed by atoms with Crippen LogP contribution in [-0.2, 0) is 0 Å². The second kappa shape index (κ2) is 5.26. The average Bonchev–Trinajstić information content (AvgIpc) is 2.96. The first-order valence-electron chi connectivity index (χ1n) is 7.27.